The van der Waals surface area contributed by atoms with E-state index < -0.39 is 71.2 Å². The van der Waals surface area contributed by atoms with E-state index in [1.54, 1.807) is 47.4 Å². The minimum absolute atomic E-state index is 0.0139. The highest BCUT2D eigenvalue weighted by Gasteiger charge is 2.46. The summed E-state index contributed by atoms with van der Waals surface area (Å²) in [4.78, 5) is 65.9. The summed E-state index contributed by atoms with van der Waals surface area (Å²) in [5, 5.41) is 6.12. The molecule has 4 aliphatic heterocycles. The Balaban J connectivity index is 0.835. The quantitative estimate of drug-likeness (QED) is 0.125. The summed E-state index contributed by atoms with van der Waals surface area (Å²) in [6.45, 7) is -0.506. The van der Waals surface area contributed by atoms with Crippen LogP contribution in [0.3, 0.4) is 0 Å². The van der Waals surface area contributed by atoms with E-state index in [0.29, 0.717) is 27.7 Å². The molecule has 1 aromatic heterocycles. The first-order valence-corrected chi connectivity index (χ1v) is 21.5. The number of piperidine rings is 2. The standard InChI is InChI=1S/C42H43F3N8O8S/c1-49-33-15-26(8-10-31(33)53(41(49)58)32-11-12-35(54)47-40(32)57)30-13-14-50(23-42(30,44)45)21-37(56)51-18-28(19-51)46-27-9-7-25-16-34(61-22-24-5-3-2-4-6-24)39(38(43)29(25)17-27)52-20-36(55)48-62(52,59)60/h2-10,15-17,28,30,32,46,59-60H,11-14,18-23H2,1H3,(H,48,55)(H,47,54,57). The lowest BCUT2D eigenvalue weighted by molar-refractivity contribution is -0.140. The molecule has 0 bridgehead atoms. The predicted molar refractivity (Wildman–Crippen MR) is 224 cm³/mol. The van der Waals surface area contributed by atoms with Gasteiger partial charge in [0.25, 0.3) is 11.8 Å². The smallest absolute Gasteiger partial charge is 0.329 e. The van der Waals surface area contributed by atoms with Gasteiger partial charge in [0.2, 0.25) is 17.7 Å². The Bertz CT molecular complexity index is 2710. The number of alkyl halides is 2. The highest BCUT2D eigenvalue weighted by atomic mass is 32.3. The van der Waals surface area contributed by atoms with Gasteiger partial charge in [-0.3, -0.25) is 47.6 Å². The second-order valence-corrected chi connectivity index (χ2v) is 17.9. The van der Waals surface area contributed by atoms with Crippen LogP contribution in [-0.4, -0.2) is 103 Å². The number of anilines is 2. The Labute approximate surface area is 353 Å². The van der Waals surface area contributed by atoms with Crippen molar-refractivity contribution in [3.63, 3.8) is 0 Å². The molecule has 4 aromatic carbocycles. The molecule has 0 radical (unpaired) electrons. The highest BCUT2D eigenvalue weighted by molar-refractivity contribution is 8.24. The maximum atomic E-state index is 16.5. The van der Waals surface area contributed by atoms with Crippen LogP contribution in [0, 0.1) is 5.82 Å². The molecule has 4 fully saturated rings. The Morgan fingerprint density at radius 1 is 0.968 bits per heavy atom. The summed E-state index contributed by atoms with van der Waals surface area (Å²) in [6, 6.07) is 19.2. The minimum Gasteiger partial charge on any atom is -0.487 e. The van der Waals surface area contributed by atoms with Crippen molar-refractivity contribution < 1.29 is 46.2 Å². The third kappa shape index (κ3) is 7.60. The van der Waals surface area contributed by atoms with E-state index in [2.05, 4.69) is 15.4 Å². The molecule has 326 valence electrons. The van der Waals surface area contributed by atoms with Crippen molar-refractivity contribution in [1.82, 2.24) is 29.0 Å². The Kier molecular flexibility index (Phi) is 10.4. The normalized spacial score (nSPS) is 22.1. The third-order valence-electron chi connectivity index (χ3n) is 12.0. The first kappa shape index (κ1) is 41.3. The monoisotopic (exact) mass is 876 g/mol. The van der Waals surface area contributed by atoms with Gasteiger partial charge in [0.1, 0.15) is 30.6 Å². The number of imide groups is 1. The van der Waals surface area contributed by atoms with Crippen LogP contribution < -0.4 is 30.1 Å². The van der Waals surface area contributed by atoms with Crippen LogP contribution in [0.5, 0.6) is 5.75 Å². The van der Waals surface area contributed by atoms with Crippen LogP contribution in [0.4, 0.5) is 24.5 Å². The molecule has 5 aromatic rings. The van der Waals surface area contributed by atoms with Gasteiger partial charge in [-0.15, -0.1) is 0 Å². The van der Waals surface area contributed by atoms with Gasteiger partial charge < -0.3 is 15.0 Å². The predicted octanol–water partition coefficient (Wildman–Crippen LogP) is 4.45. The topological polar surface area (TPSA) is 191 Å². The zero-order valence-electron chi connectivity index (χ0n) is 33.4. The molecule has 2 unspecified atom stereocenters. The van der Waals surface area contributed by atoms with E-state index in [1.807, 2.05) is 30.3 Å². The van der Waals surface area contributed by atoms with Gasteiger partial charge in [-0.05, 0) is 77.2 Å². The number of benzene rings is 4. The minimum atomic E-state index is -3.89. The Hall–Kier alpha value is -6.09. The molecule has 20 heteroatoms. The molecule has 4 saturated heterocycles. The lowest BCUT2D eigenvalue weighted by atomic mass is 9.86. The van der Waals surface area contributed by atoms with E-state index in [1.165, 1.54) is 21.1 Å². The molecule has 2 atom stereocenters. The summed E-state index contributed by atoms with van der Waals surface area (Å²) < 4.78 is 81.0. The largest absolute Gasteiger partial charge is 0.487 e. The molecule has 0 spiro atoms. The number of carbonyl (C=O) groups excluding carboxylic acids is 4. The molecule has 16 nitrogen and oxygen atoms in total. The van der Waals surface area contributed by atoms with Crippen molar-refractivity contribution in [2.45, 2.75) is 49.8 Å². The lowest BCUT2D eigenvalue weighted by Crippen LogP contribution is -2.60. The number of halogens is 3. The van der Waals surface area contributed by atoms with Gasteiger partial charge in [-0.2, -0.15) is 0 Å². The maximum absolute atomic E-state index is 16.5. The van der Waals surface area contributed by atoms with Gasteiger partial charge in [0.05, 0.1) is 36.1 Å². The average molecular weight is 877 g/mol. The number of amides is 4. The first-order chi connectivity index (χ1) is 29.6. The van der Waals surface area contributed by atoms with Crippen molar-refractivity contribution in [2.24, 2.45) is 7.05 Å². The zero-order chi connectivity index (χ0) is 43.7. The number of carbonyl (C=O) groups is 4. The van der Waals surface area contributed by atoms with E-state index in [-0.39, 0.29) is 80.8 Å². The first-order valence-electron chi connectivity index (χ1n) is 20.0. The number of imidazole rings is 1. The SMILES string of the molecule is Cn1c(=O)n(C2CCC(=O)NC2=O)c2ccc(C3CCN(CC(=O)N4CC(Nc5ccc6cc(OCc7ccccc7)c(N7CC(=O)NS7(O)O)c(F)c6c5)C4)CC3(F)F)cc21. The fourth-order valence-electron chi connectivity index (χ4n) is 8.84. The molecule has 62 heavy (non-hydrogen) atoms. The van der Waals surface area contributed by atoms with Crippen LogP contribution in [0.15, 0.2) is 77.6 Å². The number of ether oxygens (including phenoxy) is 1. The molecule has 0 aliphatic carbocycles. The number of aromatic nitrogens is 2. The number of nitrogens with one attached hydrogen (secondary N) is 3. The van der Waals surface area contributed by atoms with Gasteiger partial charge in [-0.1, -0.05) is 42.5 Å². The van der Waals surface area contributed by atoms with E-state index >= 15 is 13.2 Å². The molecule has 5 heterocycles. The number of hydrogen-bond acceptors (Lipinski definition) is 11. The van der Waals surface area contributed by atoms with E-state index in [4.69, 9.17) is 4.74 Å². The average Bonchev–Trinajstić information content (AvgIpc) is 3.62. The van der Waals surface area contributed by atoms with Crippen LogP contribution in [0.1, 0.15) is 42.3 Å². The molecule has 5 N–H and O–H groups in total. The summed E-state index contributed by atoms with van der Waals surface area (Å²) in [5.74, 6) is -7.19. The molecular weight excluding hydrogens is 834 g/mol. The summed E-state index contributed by atoms with van der Waals surface area (Å²) in [5.41, 5.74) is 1.67. The highest BCUT2D eigenvalue weighted by Crippen LogP contribution is 2.51. The van der Waals surface area contributed by atoms with Crippen molar-refractivity contribution in [3.05, 3.63) is 100 Å². The van der Waals surface area contributed by atoms with E-state index in [9.17, 15) is 33.1 Å². The fourth-order valence-corrected chi connectivity index (χ4v) is 10.0. The van der Waals surface area contributed by atoms with Gasteiger partial charge >= 0.3 is 5.69 Å². The number of likely N-dealkylation sites (tertiary alicyclic amines) is 2. The van der Waals surface area contributed by atoms with E-state index in [0.717, 1.165) is 9.87 Å². The lowest BCUT2D eigenvalue weighted by Gasteiger charge is -2.43. The van der Waals surface area contributed by atoms with Crippen molar-refractivity contribution >= 4 is 67.8 Å². The van der Waals surface area contributed by atoms with Crippen molar-refractivity contribution in [3.8, 4) is 5.75 Å². The zero-order valence-corrected chi connectivity index (χ0v) is 34.2. The van der Waals surface area contributed by atoms with Crippen LogP contribution in [0.2, 0.25) is 0 Å². The molecule has 9 rings (SSSR count). The number of aryl methyl sites for hydroxylation is 1. The van der Waals surface area contributed by atoms with Gasteiger partial charge in [0.15, 0.2) is 5.82 Å². The van der Waals surface area contributed by atoms with Crippen LogP contribution >= 0.6 is 11.0 Å². The van der Waals surface area contributed by atoms with Gasteiger partial charge in [-0.25, -0.2) is 27.0 Å². The van der Waals surface area contributed by atoms with Crippen molar-refractivity contribution in [2.75, 3.05) is 48.9 Å². The summed E-state index contributed by atoms with van der Waals surface area (Å²) in [6.07, 6.45) is 0.286. The number of hydrogen-bond donors (Lipinski definition) is 5. The molecule has 4 amide bonds. The number of nitrogens with zero attached hydrogens (tertiary/aromatic N) is 5. The summed E-state index contributed by atoms with van der Waals surface area (Å²) >= 11 is 0. The second-order valence-electron chi connectivity index (χ2n) is 16.2. The second kappa shape index (κ2) is 15.7. The van der Waals surface area contributed by atoms with Crippen LogP contribution in [0.25, 0.3) is 21.8 Å². The Morgan fingerprint density at radius 3 is 2.45 bits per heavy atom. The number of rotatable bonds is 10. The summed E-state index contributed by atoms with van der Waals surface area (Å²) in [7, 11) is -2.38. The molecular formula is C42H43F3N8O8S. The molecule has 0 saturated carbocycles. The third-order valence-corrected chi connectivity index (χ3v) is 13.5. The molecule has 4 aliphatic rings. The number of fused-ring (bicyclic) bond motifs is 2. The van der Waals surface area contributed by atoms with Gasteiger partial charge in [0, 0.05) is 37.6 Å². The van der Waals surface area contributed by atoms with Crippen molar-refractivity contribution in [1.29, 1.82) is 0 Å². The Morgan fingerprint density at radius 2 is 1.74 bits per heavy atom. The maximum Gasteiger partial charge on any atom is 0.329 e. The fraction of sp³-hybridized carbons (Fsp3) is 0.357. The van der Waals surface area contributed by atoms with Crippen LogP contribution in [-0.2, 0) is 32.8 Å².